The second-order valence-electron chi connectivity index (χ2n) is 4.74. The van der Waals surface area contributed by atoms with Gasteiger partial charge in [-0.1, -0.05) is 29.3 Å². The molecule has 1 aliphatic rings. The Labute approximate surface area is 117 Å². The van der Waals surface area contributed by atoms with E-state index in [-0.39, 0.29) is 18.8 Å². The standard InChI is InChI=1S/C13H16Cl2O3/c1-13(2)17-10(6-7-16)12(18-13)11-8(14)4-3-5-9(11)15/h3-5,10,12,16H,6-7H2,1-2H3/t10-,12+/m0/s1. The fourth-order valence-corrected chi connectivity index (χ4v) is 2.81. The number of aliphatic hydroxyl groups excluding tert-OH is 1. The molecule has 0 saturated carbocycles. The van der Waals surface area contributed by atoms with E-state index < -0.39 is 5.79 Å². The number of ether oxygens (including phenoxy) is 2. The topological polar surface area (TPSA) is 38.7 Å². The molecule has 2 rings (SSSR count). The third kappa shape index (κ3) is 2.81. The maximum atomic E-state index is 9.10. The largest absolute Gasteiger partial charge is 0.396 e. The Morgan fingerprint density at radius 1 is 1.22 bits per heavy atom. The minimum absolute atomic E-state index is 0.0304. The fourth-order valence-electron chi connectivity index (χ4n) is 2.20. The van der Waals surface area contributed by atoms with Gasteiger partial charge in [0.1, 0.15) is 6.10 Å². The van der Waals surface area contributed by atoms with Gasteiger partial charge in [-0.05, 0) is 32.4 Å². The molecule has 1 fully saturated rings. The van der Waals surface area contributed by atoms with Crippen LogP contribution in [0.5, 0.6) is 0 Å². The fraction of sp³-hybridized carbons (Fsp3) is 0.538. The Morgan fingerprint density at radius 2 is 1.83 bits per heavy atom. The molecule has 0 aliphatic carbocycles. The van der Waals surface area contributed by atoms with E-state index in [4.69, 9.17) is 37.8 Å². The van der Waals surface area contributed by atoms with E-state index in [1.165, 1.54) is 0 Å². The third-order valence-electron chi connectivity index (χ3n) is 2.88. The number of rotatable bonds is 3. The van der Waals surface area contributed by atoms with Gasteiger partial charge in [0, 0.05) is 22.2 Å². The molecule has 1 aliphatic heterocycles. The molecule has 0 spiro atoms. The Morgan fingerprint density at radius 3 is 2.39 bits per heavy atom. The molecule has 1 aromatic rings. The summed E-state index contributed by atoms with van der Waals surface area (Å²) in [5, 5.41) is 10.2. The van der Waals surface area contributed by atoms with Crippen molar-refractivity contribution in [1.82, 2.24) is 0 Å². The molecule has 0 unspecified atom stereocenters. The van der Waals surface area contributed by atoms with Gasteiger partial charge < -0.3 is 14.6 Å². The highest BCUT2D eigenvalue weighted by molar-refractivity contribution is 6.36. The van der Waals surface area contributed by atoms with E-state index in [1.807, 2.05) is 13.8 Å². The zero-order chi connectivity index (χ0) is 13.3. The highest BCUT2D eigenvalue weighted by Crippen LogP contribution is 2.44. The van der Waals surface area contributed by atoms with Crippen LogP contribution in [0, 0.1) is 0 Å². The molecular formula is C13H16Cl2O3. The van der Waals surface area contributed by atoms with E-state index in [0.717, 1.165) is 5.56 Å². The molecule has 0 aromatic heterocycles. The van der Waals surface area contributed by atoms with Crippen LogP contribution in [0.1, 0.15) is 31.9 Å². The average Bonchev–Trinajstić information content (AvgIpc) is 2.54. The van der Waals surface area contributed by atoms with Crippen molar-refractivity contribution >= 4 is 23.2 Å². The summed E-state index contributed by atoms with van der Waals surface area (Å²) in [5.74, 6) is -0.701. The molecule has 100 valence electrons. The van der Waals surface area contributed by atoms with Crippen LogP contribution >= 0.6 is 23.2 Å². The van der Waals surface area contributed by atoms with Crippen LogP contribution in [-0.4, -0.2) is 23.6 Å². The smallest absolute Gasteiger partial charge is 0.164 e. The van der Waals surface area contributed by atoms with Crippen molar-refractivity contribution in [2.45, 2.75) is 38.3 Å². The lowest BCUT2D eigenvalue weighted by molar-refractivity contribution is -0.147. The summed E-state index contributed by atoms with van der Waals surface area (Å²) in [6.07, 6.45) is -0.119. The van der Waals surface area contributed by atoms with Crippen LogP contribution in [0.2, 0.25) is 10.0 Å². The number of benzene rings is 1. The van der Waals surface area contributed by atoms with E-state index in [2.05, 4.69) is 0 Å². The van der Waals surface area contributed by atoms with Crippen molar-refractivity contribution in [1.29, 1.82) is 0 Å². The first-order valence-corrected chi connectivity index (χ1v) is 6.60. The molecule has 3 nitrogen and oxygen atoms in total. The number of aliphatic hydroxyl groups is 1. The van der Waals surface area contributed by atoms with Gasteiger partial charge in [0.25, 0.3) is 0 Å². The van der Waals surface area contributed by atoms with Crippen molar-refractivity contribution in [3.63, 3.8) is 0 Å². The molecule has 5 heteroatoms. The number of hydrogen-bond acceptors (Lipinski definition) is 3. The van der Waals surface area contributed by atoms with Crippen molar-refractivity contribution in [2.24, 2.45) is 0 Å². The predicted octanol–water partition coefficient (Wildman–Crippen LogP) is 3.57. The van der Waals surface area contributed by atoms with E-state index in [1.54, 1.807) is 18.2 Å². The van der Waals surface area contributed by atoms with Crippen LogP contribution in [-0.2, 0) is 9.47 Å². The first kappa shape index (κ1) is 14.1. The van der Waals surface area contributed by atoms with Gasteiger partial charge in [0.15, 0.2) is 5.79 Å². The summed E-state index contributed by atoms with van der Waals surface area (Å²) in [7, 11) is 0. The monoisotopic (exact) mass is 290 g/mol. The quantitative estimate of drug-likeness (QED) is 0.925. The van der Waals surface area contributed by atoms with Gasteiger partial charge in [0.05, 0.1) is 6.10 Å². The molecule has 1 saturated heterocycles. The zero-order valence-corrected chi connectivity index (χ0v) is 11.8. The predicted molar refractivity (Wildman–Crippen MR) is 70.9 cm³/mol. The van der Waals surface area contributed by atoms with Crippen molar-refractivity contribution < 1.29 is 14.6 Å². The van der Waals surface area contributed by atoms with Gasteiger partial charge in [-0.15, -0.1) is 0 Å². The highest BCUT2D eigenvalue weighted by Gasteiger charge is 2.43. The highest BCUT2D eigenvalue weighted by atomic mass is 35.5. The molecule has 0 radical (unpaired) electrons. The molecule has 1 heterocycles. The van der Waals surface area contributed by atoms with E-state index in [0.29, 0.717) is 16.5 Å². The summed E-state index contributed by atoms with van der Waals surface area (Å²) in [5.41, 5.74) is 0.727. The minimum atomic E-state index is -0.701. The van der Waals surface area contributed by atoms with Gasteiger partial charge in [-0.25, -0.2) is 0 Å². The van der Waals surface area contributed by atoms with Crippen molar-refractivity contribution in [3.05, 3.63) is 33.8 Å². The number of hydrogen-bond donors (Lipinski definition) is 1. The lowest BCUT2D eigenvalue weighted by Crippen LogP contribution is -2.21. The normalized spacial score (nSPS) is 26.5. The van der Waals surface area contributed by atoms with Crippen molar-refractivity contribution in [3.8, 4) is 0 Å². The second kappa shape index (κ2) is 5.35. The first-order chi connectivity index (χ1) is 8.44. The Hall–Kier alpha value is -0.320. The maximum absolute atomic E-state index is 9.10. The van der Waals surface area contributed by atoms with Gasteiger partial charge >= 0.3 is 0 Å². The summed E-state index contributed by atoms with van der Waals surface area (Å²) >= 11 is 12.4. The summed E-state index contributed by atoms with van der Waals surface area (Å²) in [6, 6.07) is 5.33. The molecule has 18 heavy (non-hydrogen) atoms. The lowest BCUT2D eigenvalue weighted by Gasteiger charge is -2.19. The Balaban J connectivity index is 2.36. The van der Waals surface area contributed by atoms with Crippen LogP contribution in [0.4, 0.5) is 0 Å². The first-order valence-electron chi connectivity index (χ1n) is 5.85. The number of halogens is 2. The SMILES string of the molecule is CC1(C)O[C@@H](CCO)[C@H](c2c(Cl)cccc2Cl)O1. The lowest BCUT2D eigenvalue weighted by atomic mass is 10.0. The molecule has 0 amide bonds. The van der Waals surface area contributed by atoms with Gasteiger partial charge in [-0.2, -0.15) is 0 Å². The van der Waals surface area contributed by atoms with Gasteiger partial charge in [0.2, 0.25) is 0 Å². The van der Waals surface area contributed by atoms with Crippen LogP contribution in [0.25, 0.3) is 0 Å². The Kier molecular flexibility index (Phi) is 4.19. The van der Waals surface area contributed by atoms with Crippen LogP contribution in [0.15, 0.2) is 18.2 Å². The van der Waals surface area contributed by atoms with E-state index in [9.17, 15) is 0 Å². The average molecular weight is 291 g/mol. The van der Waals surface area contributed by atoms with Gasteiger partial charge in [-0.3, -0.25) is 0 Å². The molecule has 0 bridgehead atoms. The molecule has 2 atom stereocenters. The van der Waals surface area contributed by atoms with Crippen LogP contribution in [0.3, 0.4) is 0 Å². The summed E-state index contributed by atoms with van der Waals surface area (Å²) in [6.45, 7) is 3.70. The van der Waals surface area contributed by atoms with E-state index >= 15 is 0 Å². The maximum Gasteiger partial charge on any atom is 0.164 e. The minimum Gasteiger partial charge on any atom is -0.396 e. The summed E-state index contributed by atoms with van der Waals surface area (Å²) in [4.78, 5) is 0. The van der Waals surface area contributed by atoms with Crippen molar-refractivity contribution in [2.75, 3.05) is 6.61 Å². The Bertz CT molecular complexity index is 414. The van der Waals surface area contributed by atoms with Crippen LogP contribution < -0.4 is 0 Å². The molecule has 1 N–H and O–H groups in total. The third-order valence-corrected chi connectivity index (χ3v) is 3.54. The molecule has 1 aromatic carbocycles. The molecular weight excluding hydrogens is 275 g/mol. The summed E-state index contributed by atoms with van der Waals surface area (Å²) < 4.78 is 11.6. The zero-order valence-electron chi connectivity index (χ0n) is 10.3. The second-order valence-corrected chi connectivity index (χ2v) is 5.56.